The van der Waals surface area contributed by atoms with Gasteiger partial charge in [0.25, 0.3) is 5.91 Å². The van der Waals surface area contributed by atoms with Gasteiger partial charge in [-0.2, -0.15) is 0 Å². The number of imide groups is 1. The lowest BCUT2D eigenvalue weighted by Gasteiger charge is -2.23. The van der Waals surface area contributed by atoms with Gasteiger partial charge in [0.15, 0.2) is 0 Å². The second-order valence-electron chi connectivity index (χ2n) is 7.98. The maximum atomic E-state index is 13.1. The molecule has 0 saturated carbocycles. The standard InChI is InChI=1S/C24H29N3O4/c1-5-6-7-17-8-11-19(12-9-17)25-21(28)15-27-22(29)24(3,26-23(27)30)18-10-13-20(31-4)16(2)14-18/h8-14H,5-7,15H2,1-4H3,(H,25,28)(H,26,30). The number of rotatable bonds is 8. The average molecular weight is 424 g/mol. The maximum absolute atomic E-state index is 13.1. The molecular formula is C24H29N3O4. The molecule has 31 heavy (non-hydrogen) atoms. The first kappa shape index (κ1) is 22.3. The molecule has 0 radical (unpaired) electrons. The van der Waals surface area contributed by atoms with Crippen molar-refractivity contribution < 1.29 is 19.1 Å². The summed E-state index contributed by atoms with van der Waals surface area (Å²) in [5.74, 6) is -0.201. The molecule has 0 aliphatic carbocycles. The van der Waals surface area contributed by atoms with Gasteiger partial charge >= 0.3 is 6.03 Å². The normalized spacial score (nSPS) is 18.1. The van der Waals surface area contributed by atoms with Gasteiger partial charge < -0.3 is 15.4 Å². The van der Waals surface area contributed by atoms with E-state index in [2.05, 4.69) is 17.6 Å². The lowest BCUT2D eigenvalue weighted by molar-refractivity contribution is -0.133. The molecule has 2 aromatic carbocycles. The predicted octanol–water partition coefficient (Wildman–Crippen LogP) is 3.75. The van der Waals surface area contributed by atoms with Crippen LogP contribution in [0.4, 0.5) is 10.5 Å². The van der Waals surface area contributed by atoms with Gasteiger partial charge in [0.05, 0.1) is 7.11 Å². The number of anilines is 1. The number of amides is 4. The van der Waals surface area contributed by atoms with E-state index < -0.39 is 23.4 Å². The third kappa shape index (κ3) is 4.71. The van der Waals surface area contributed by atoms with Crippen LogP contribution >= 0.6 is 0 Å². The van der Waals surface area contributed by atoms with Gasteiger partial charge in [0.1, 0.15) is 17.8 Å². The summed E-state index contributed by atoms with van der Waals surface area (Å²) in [6.45, 7) is 5.30. The monoisotopic (exact) mass is 423 g/mol. The van der Waals surface area contributed by atoms with Crippen molar-refractivity contribution in [3.63, 3.8) is 0 Å². The van der Waals surface area contributed by atoms with Crippen LogP contribution in [-0.2, 0) is 21.5 Å². The molecule has 1 saturated heterocycles. The Labute approximate surface area is 182 Å². The molecule has 0 spiro atoms. The zero-order valence-electron chi connectivity index (χ0n) is 18.5. The van der Waals surface area contributed by atoms with Gasteiger partial charge in [-0.25, -0.2) is 4.79 Å². The van der Waals surface area contributed by atoms with Gasteiger partial charge in [-0.05, 0) is 67.6 Å². The Morgan fingerprint density at radius 1 is 1.16 bits per heavy atom. The summed E-state index contributed by atoms with van der Waals surface area (Å²) in [5, 5.41) is 5.48. The van der Waals surface area contributed by atoms with Crippen LogP contribution in [-0.4, -0.2) is 36.4 Å². The van der Waals surface area contributed by atoms with E-state index in [-0.39, 0.29) is 6.54 Å². The third-order valence-corrected chi connectivity index (χ3v) is 5.61. The maximum Gasteiger partial charge on any atom is 0.325 e. The summed E-state index contributed by atoms with van der Waals surface area (Å²) in [7, 11) is 1.57. The lowest BCUT2D eigenvalue weighted by Crippen LogP contribution is -2.42. The first-order valence-corrected chi connectivity index (χ1v) is 10.5. The van der Waals surface area contributed by atoms with E-state index in [1.54, 1.807) is 32.2 Å². The summed E-state index contributed by atoms with van der Waals surface area (Å²) in [6, 6.07) is 12.3. The predicted molar refractivity (Wildman–Crippen MR) is 119 cm³/mol. The average Bonchev–Trinajstić information content (AvgIpc) is 2.97. The summed E-state index contributed by atoms with van der Waals surface area (Å²) in [5.41, 5.74) is 2.08. The molecule has 2 N–H and O–H groups in total. The molecule has 4 amide bonds. The van der Waals surface area contributed by atoms with Crippen LogP contribution in [0.3, 0.4) is 0 Å². The summed E-state index contributed by atoms with van der Waals surface area (Å²) < 4.78 is 5.26. The minimum atomic E-state index is -1.24. The molecule has 7 heteroatoms. The number of nitrogens with one attached hydrogen (secondary N) is 2. The quantitative estimate of drug-likeness (QED) is 0.633. The number of carbonyl (C=O) groups is 3. The molecule has 7 nitrogen and oxygen atoms in total. The fourth-order valence-electron chi connectivity index (χ4n) is 3.71. The Morgan fingerprint density at radius 3 is 2.48 bits per heavy atom. The van der Waals surface area contributed by atoms with Gasteiger partial charge in [0, 0.05) is 5.69 Å². The highest BCUT2D eigenvalue weighted by molar-refractivity contribution is 6.10. The third-order valence-electron chi connectivity index (χ3n) is 5.61. The summed E-state index contributed by atoms with van der Waals surface area (Å²) in [6.07, 6.45) is 3.24. The Balaban J connectivity index is 1.68. The number of ether oxygens (including phenoxy) is 1. The van der Waals surface area contributed by atoms with Crippen molar-refractivity contribution >= 4 is 23.5 Å². The molecule has 1 fully saturated rings. The fraction of sp³-hybridized carbons (Fsp3) is 0.375. The Morgan fingerprint density at radius 2 is 1.87 bits per heavy atom. The van der Waals surface area contributed by atoms with Gasteiger partial charge in [-0.15, -0.1) is 0 Å². The lowest BCUT2D eigenvalue weighted by atomic mass is 9.90. The van der Waals surface area contributed by atoms with Crippen LogP contribution in [0.25, 0.3) is 0 Å². The van der Waals surface area contributed by atoms with Gasteiger partial charge in [-0.1, -0.05) is 31.5 Å². The fourth-order valence-corrected chi connectivity index (χ4v) is 3.71. The Bertz CT molecular complexity index is 987. The molecule has 164 valence electrons. The van der Waals surface area contributed by atoms with Crippen LogP contribution < -0.4 is 15.4 Å². The molecule has 1 heterocycles. The number of methoxy groups -OCH3 is 1. The highest BCUT2D eigenvalue weighted by Crippen LogP contribution is 2.31. The number of aryl methyl sites for hydroxylation is 2. The van der Waals surface area contributed by atoms with Crippen LogP contribution in [0.15, 0.2) is 42.5 Å². The van der Waals surface area contributed by atoms with E-state index in [0.717, 1.165) is 29.7 Å². The first-order valence-electron chi connectivity index (χ1n) is 10.5. The number of carbonyl (C=O) groups excluding carboxylic acids is 3. The van der Waals surface area contributed by atoms with Gasteiger partial charge in [-0.3, -0.25) is 14.5 Å². The molecular weight excluding hydrogens is 394 g/mol. The largest absolute Gasteiger partial charge is 0.496 e. The highest BCUT2D eigenvalue weighted by atomic mass is 16.5. The van der Waals surface area contributed by atoms with Crippen molar-refractivity contribution in [2.24, 2.45) is 0 Å². The first-order chi connectivity index (χ1) is 14.8. The van der Waals surface area contributed by atoms with E-state index in [1.807, 2.05) is 31.2 Å². The number of unbranched alkanes of at least 4 members (excludes halogenated alkanes) is 1. The van der Waals surface area contributed by atoms with E-state index in [1.165, 1.54) is 5.56 Å². The van der Waals surface area contributed by atoms with Crippen molar-refractivity contribution in [1.82, 2.24) is 10.2 Å². The minimum absolute atomic E-state index is 0.354. The number of urea groups is 1. The van der Waals surface area contributed by atoms with Crippen molar-refractivity contribution in [3.05, 3.63) is 59.2 Å². The van der Waals surface area contributed by atoms with Crippen molar-refractivity contribution in [2.45, 2.75) is 45.6 Å². The van der Waals surface area contributed by atoms with Crippen LogP contribution in [0, 0.1) is 6.92 Å². The number of benzene rings is 2. The molecule has 1 aliphatic heterocycles. The molecule has 3 rings (SSSR count). The smallest absolute Gasteiger partial charge is 0.325 e. The van der Waals surface area contributed by atoms with E-state index in [0.29, 0.717) is 17.0 Å². The highest BCUT2D eigenvalue weighted by Gasteiger charge is 2.49. The minimum Gasteiger partial charge on any atom is -0.496 e. The van der Waals surface area contributed by atoms with E-state index in [9.17, 15) is 14.4 Å². The van der Waals surface area contributed by atoms with Crippen LogP contribution in [0.5, 0.6) is 5.75 Å². The molecule has 0 aromatic heterocycles. The topological polar surface area (TPSA) is 87.7 Å². The van der Waals surface area contributed by atoms with E-state index in [4.69, 9.17) is 4.74 Å². The number of nitrogens with zero attached hydrogens (tertiary/aromatic N) is 1. The van der Waals surface area contributed by atoms with Crippen LogP contribution in [0.2, 0.25) is 0 Å². The van der Waals surface area contributed by atoms with Crippen molar-refractivity contribution in [2.75, 3.05) is 19.0 Å². The second kappa shape index (κ2) is 9.20. The van der Waals surface area contributed by atoms with Crippen LogP contribution in [0.1, 0.15) is 43.4 Å². The summed E-state index contributed by atoms with van der Waals surface area (Å²) >= 11 is 0. The Hall–Kier alpha value is -3.35. The SMILES string of the molecule is CCCCc1ccc(NC(=O)CN2C(=O)NC(C)(c3ccc(OC)c(C)c3)C2=O)cc1. The number of hydrogen-bond acceptors (Lipinski definition) is 4. The van der Waals surface area contributed by atoms with Crippen molar-refractivity contribution in [3.8, 4) is 5.75 Å². The summed E-state index contributed by atoms with van der Waals surface area (Å²) in [4.78, 5) is 39.0. The zero-order valence-corrected chi connectivity index (χ0v) is 18.5. The molecule has 2 aromatic rings. The molecule has 0 bridgehead atoms. The Kier molecular flexibility index (Phi) is 6.63. The van der Waals surface area contributed by atoms with E-state index >= 15 is 0 Å². The molecule has 1 unspecified atom stereocenters. The number of hydrogen-bond donors (Lipinski definition) is 2. The zero-order chi connectivity index (χ0) is 22.6. The second-order valence-corrected chi connectivity index (χ2v) is 7.98. The molecule has 1 aliphatic rings. The van der Waals surface area contributed by atoms with Crippen molar-refractivity contribution in [1.29, 1.82) is 0 Å². The van der Waals surface area contributed by atoms with Gasteiger partial charge in [0.2, 0.25) is 5.91 Å². The molecule has 1 atom stereocenters.